The molecule has 0 saturated heterocycles. The van der Waals surface area contributed by atoms with Crippen LogP contribution in [0.5, 0.6) is 23.0 Å². The predicted octanol–water partition coefficient (Wildman–Crippen LogP) is 10.8. The normalized spacial score (nSPS) is 15.8. The van der Waals surface area contributed by atoms with E-state index in [0.717, 1.165) is 25.7 Å². The van der Waals surface area contributed by atoms with E-state index in [1.165, 1.54) is 0 Å². The lowest BCUT2D eigenvalue weighted by molar-refractivity contribution is -0.143. The number of esters is 3. The minimum atomic E-state index is -1.41. The van der Waals surface area contributed by atoms with Crippen molar-refractivity contribution in [3.63, 3.8) is 0 Å². The molecule has 0 saturated carbocycles. The fraction of sp³-hybridized carbons (Fsp3) is 0.540. The van der Waals surface area contributed by atoms with Crippen LogP contribution in [-0.2, 0) is 40.2 Å². The average Bonchev–Trinajstić information content (AvgIpc) is 3.51. The maximum absolute atomic E-state index is 13.6. The second kappa shape index (κ2) is 21.9. The van der Waals surface area contributed by atoms with Crippen molar-refractivity contribution in [2.45, 2.75) is 145 Å². The van der Waals surface area contributed by atoms with Crippen LogP contribution in [0.1, 0.15) is 153 Å². The Bertz CT molecular complexity index is 2180. The Labute approximate surface area is 380 Å². The fourth-order valence-corrected chi connectivity index (χ4v) is 9.17. The molecule has 346 valence electrons. The molecule has 2 atom stereocenters. The molecule has 0 aromatic heterocycles. The molecule has 1 spiro atoms. The molecule has 2 aliphatic rings. The highest BCUT2D eigenvalue weighted by Crippen LogP contribution is 2.58. The summed E-state index contributed by atoms with van der Waals surface area (Å²) in [6, 6.07) is 18.4. The van der Waals surface area contributed by atoms with Gasteiger partial charge in [0.1, 0.15) is 23.0 Å². The average molecular weight is 900 g/mol. The van der Waals surface area contributed by atoms with Crippen molar-refractivity contribution in [1.82, 2.24) is 9.99 Å². The van der Waals surface area contributed by atoms with E-state index in [9.17, 15) is 19.2 Å². The van der Waals surface area contributed by atoms with E-state index in [2.05, 4.69) is 43.8 Å². The van der Waals surface area contributed by atoms with Crippen molar-refractivity contribution in [3.8, 4) is 29.1 Å². The summed E-state index contributed by atoms with van der Waals surface area (Å²) >= 11 is 0. The molecular formula is C50H66N3O10P. The Morgan fingerprint density at radius 3 is 2.12 bits per heavy atom. The molecule has 2 unspecified atom stereocenters. The van der Waals surface area contributed by atoms with Crippen LogP contribution in [0.15, 0.2) is 54.6 Å². The molecule has 5 rings (SSSR count). The summed E-state index contributed by atoms with van der Waals surface area (Å²) in [5, 5.41) is 12.0. The van der Waals surface area contributed by atoms with E-state index in [1.54, 1.807) is 77.9 Å². The molecule has 0 bridgehead atoms. The molecule has 0 radical (unpaired) electrons. The van der Waals surface area contributed by atoms with Crippen molar-refractivity contribution >= 4 is 32.3 Å². The van der Waals surface area contributed by atoms with Crippen molar-refractivity contribution in [3.05, 3.63) is 82.4 Å². The number of fused-ring (bicyclic) bond motifs is 6. The summed E-state index contributed by atoms with van der Waals surface area (Å²) in [4.78, 5) is 52.7. The van der Waals surface area contributed by atoms with E-state index in [0.29, 0.717) is 96.9 Å². The zero-order valence-corrected chi connectivity index (χ0v) is 40.2. The topological polar surface area (TPSA) is 163 Å². The number of nitriles is 1. The van der Waals surface area contributed by atoms with Gasteiger partial charge in [0.15, 0.2) is 5.60 Å². The monoisotopic (exact) mass is 899 g/mol. The number of amides is 1. The molecular weight excluding hydrogens is 834 g/mol. The standard InChI is InChI=1S/C50H66N3O10P/c1-33(2)53(34(3)4)64(59-29-19-26-51)58-28-18-12-11-17-27-52-44(54)23-16-13-20-35-30-40-43(32-41(35)62-47(57)49(8,9)10)61-42-31-36(60-46(56)48(5,6)7)24-25-39(42)50(40)38-22-15-14-21-37(38)45(55)63-50/h14-15,21-22,24-25,30-34H,11-13,16-20,23,27-29H2,1-10H3,(H,52,54). The van der Waals surface area contributed by atoms with Crippen LogP contribution in [0.4, 0.5) is 0 Å². The zero-order chi connectivity index (χ0) is 46.8. The van der Waals surface area contributed by atoms with Gasteiger partial charge in [-0.25, -0.2) is 9.46 Å². The number of benzene rings is 3. The molecule has 2 aliphatic heterocycles. The summed E-state index contributed by atoms with van der Waals surface area (Å²) in [7, 11) is -1.25. The number of aryl methyl sites for hydroxylation is 1. The van der Waals surface area contributed by atoms with Crippen LogP contribution in [0, 0.1) is 22.2 Å². The van der Waals surface area contributed by atoms with Gasteiger partial charge in [0, 0.05) is 53.9 Å². The molecule has 1 N–H and O–H groups in total. The highest BCUT2D eigenvalue weighted by atomic mass is 31.2. The van der Waals surface area contributed by atoms with Crippen molar-refractivity contribution in [2.75, 3.05) is 19.8 Å². The second-order valence-electron chi connectivity index (χ2n) is 19.0. The zero-order valence-electron chi connectivity index (χ0n) is 39.3. The molecule has 14 heteroatoms. The number of rotatable bonds is 21. The Hall–Kier alpha value is -4.86. The first-order valence-electron chi connectivity index (χ1n) is 22.5. The molecule has 3 aromatic carbocycles. The molecule has 13 nitrogen and oxygen atoms in total. The van der Waals surface area contributed by atoms with Gasteiger partial charge in [0.2, 0.25) is 5.91 Å². The molecule has 0 fully saturated rings. The minimum absolute atomic E-state index is 0.0261. The van der Waals surface area contributed by atoms with Crippen LogP contribution in [0.25, 0.3) is 0 Å². The molecule has 0 aliphatic carbocycles. The van der Waals surface area contributed by atoms with Gasteiger partial charge in [0.25, 0.3) is 8.53 Å². The van der Waals surface area contributed by atoms with Gasteiger partial charge in [-0.05, 0) is 131 Å². The van der Waals surface area contributed by atoms with Gasteiger partial charge >= 0.3 is 17.9 Å². The van der Waals surface area contributed by atoms with Gasteiger partial charge in [-0.2, -0.15) is 5.26 Å². The number of carbonyl (C=O) groups is 4. The number of carbonyl (C=O) groups excluding carboxylic acids is 4. The molecule has 2 heterocycles. The fourth-order valence-electron chi connectivity index (χ4n) is 7.55. The number of nitrogens with zero attached hydrogens (tertiary/aromatic N) is 2. The third-order valence-corrected chi connectivity index (χ3v) is 13.0. The number of unbranched alkanes of at least 4 members (excludes halogenated alkanes) is 4. The van der Waals surface area contributed by atoms with Crippen molar-refractivity contribution in [2.24, 2.45) is 10.8 Å². The summed E-state index contributed by atoms with van der Waals surface area (Å²) in [5.74, 6) is -0.168. The number of hydrogen-bond donors (Lipinski definition) is 1. The van der Waals surface area contributed by atoms with E-state index >= 15 is 0 Å². The Kier molecular flexibility index (Phi) is 17.1. The van der Waals surface area contributed by atoms with Gasteiger partial charge < -0.3 is 33.3 Å². The third kappa shape index (κ3) is 12.3. The largest absolute Gasteiger partial charge is 0.456 e. The summed E-state index contributed by atoms with van der Waals surface area (Å²) in [6.07, 6.45) is 5.97. The Balaban J connectivity index is 1.24. The lowest BCUT2D eigenvalue weighted by Crippen LogP contribution is -2.33. The quantitative estimate of drug-likeness (QED) is 0.0467. The van der Waals surface area contributed by atoms with Gasteiger partial charge in [-0.15, -0.1) is 0 Å². The molecule has 1 amide bonds. The maximum Gasteiger partial charge on any atom is 0.340 e. The van der Waals surface area contributed by atoms with Crippen LogP contribution in [0.3, 0.4) is 0 Å². The van der Waals surface area contributed by atoms with E-state index in [4.69, 9.17) is 33.3 Å². The summed E-state index contributed by atoms with van der Waals surface area (Å²) in [5.41, 5.74) is -0.103. The molecule has 64 heavy (non-hydrogen) atoms. The number of nitrogens with one attached hydrogen (secondary N) is 1. The predicted molar refractivity (Wildman–Crippen MR) is 245 cm³/mol. The van der Waals surface area contributed by atoms with E-state index < -0.39 is 42.9 Å². The maximum atomic E-state index is 13.6. The lowest BCUT2D eigenvalue weighted by Gasteiger charge is -2.37. The Morgan fingerprint density at radius 1 is 0.781 bits per heavy atom. The number of ether oxygens (including phenoxy) is 4. The smallest absolute Gasteiger partial charge is 0.340 e. The first-order chi connectivity index (χ1) is 30.3. The number of hydrogen-bond acceptors (Lipinski definition) is 12. The highest BCUT2D eigenvalue weighted by Gasteiger charge is 2.54. The first kappa shape index (κ1) is 50.1. The lowest BCUT2D eigenvalue weighted by atomic mass is 9.77. The third-order valence-electron chi connectivity index (χ3n) is 10.9. The van der Waals surface area contributed by atoms with Gasteiger partial charge in [0.05, 0.1) is 42.1 Å². The van der Waals surface area contributed by atoms with E-state index in [1.807, 2.05) is 18.2 Å². The van der Waals surface area contributed by atoms with Crippen LogP contribution in [-0.4, -0.2) is 60.3 Å². The van der Waals surface area contributed by atoms with Gasteiger partial charge in [-0.3, -0.25) is 14.4 Å². The van der Waals surface area contributed by atoms with E-state index in [-0.39, 0.29) is 23.7 Å². The Morgan fingerprint density at radius 2 is 1.44 bits per heavy atom. The van der Waals surface area contributed by atoms with Crippen LogP contribution >= 0.6 is 8.53 Å². The second-order valence-corrected chi connectivity index (χ2v) is 20.4. The van der Waals surface area contributed by atoms with Crippen LogP contribution < -0.4 is 19.5 Å². The van der Waals surface area contributed by atoms with Crippen molar-refractivity contribution < 1.29 is 47.2 Å². The van der Waals surface area contributed by atoms with Crippen LogP contribution in [0.2, 0.25) is 0 Å². The SMILES string of the molecule is CC(C)N(C(C)C)P(OCCC#N)OCCCCCCNC(=O)CCCCc1cc2c(cc1OC(=O)C(C)(C)C)Oc1cc(OC(=O)C(C)(C)C)ccc1C21OC(=O)c2ccccc21. The highest BCUT2D eigenvalue weighted by molar-refractivity contribution is 7.44. The molecule has 3 aromatic rings. The minimum Gasteiger partial charge on any atom is -0.456 e. The van der Waals surface area contributed by atoms with Gasteiger partial charge in [-0.1, -0.05) is 31.0 Å². The summed E-state index contributed by atoms with van der Waals surface area (Å²) < 4.78 is 39.1. The van der Waals surface area contributed by atoms with Crippen molar-refractivity contribution in [1.29, 1.82) is 5.26 Å². The first-order valence-corrected chi connectivity index (χ1v) is 23.7. The summed E-state index contributed by atoms with van der Waals surface area (Å²) in [6.45, 7) is 20.6.